The Bertz CT molecular complexity index is 853. The van der Waals surface area contributed by atoms with Crippen molar-refractivity contribution in [1.82, 2.24) is 4.90 Å². The number of ether oxygens (including phenoxy) is 1. The van der Waals surface area contributed by atoms with Crippen molar-refractivity contribution in [3.05, 3.63) is 45.3 Å². The molecular formula is C21H27NO4. The highest BCUT2D eigenvalue weighted by molar-refractivity contribution is 5.82. The largest absolute Gasteiger partial charge is 0.469 e. The highest BCUT2D eigenvalue weighted by Gasteiger charge is 2.17. The predicted octanol–water partition coefficient (Wildman–Crippen LogP) is 3.30. The standard InChI is InChI=1S/C21H27NO4/c1-14(2)12-22(8-7-20(23)25-3)13-17-11-21(24)26-19-10-16-6-4-5-15(16)9-18(17)19/h9-11,14H,4-8,12-13H2,1-3H3. The van der Waals surface area contributed by atoms with Gasteiger partial charge in [0.25, 0.3) is 0 Å². The minimum absolute atomic E-state index is 0.214. The lowest BCUT2D eigenvalue weighted by molar-refractivity contribution is -0.141. The van der Waals surface area contributed by atoms with Gasteiger partial charge in [-0.3, -0.25) is 9.69 Å². The second-order valence-electron chi connectivity index (χ2n) is 7.52. The zero-order valence-electron chi connectivity index (χ0n) is 15.8. The molecule has 0 atom stereocenters. The summed E-state index contributed by atoms with van der Waals surface area (Å²) < 4.78 is 10.2. The van der Waals surface area contributed by atoms with E-state index < -0.39 is 0 Å². The molecule has 0 fully saturated rings. The van der Waals surface area contributed by atoms with Crippen LogP contribution in [-0.2, 0) is 28.9 Å². The molecule has 2 aromatic rings. The Kier molecular flexibility index (Phi) is 5.77. The van der Waals surface area contributed by atoms with Crippen LogP contribution < -0.4 is 5.63 Å². The average Bonchev–Trinajstić information content (AvgIpc) is 3.04. The predicted molar refractivity (Wildman–Crippen MR) is 101 cm³/mol. The molecule has 1 aromatic carbocycles. The molecule has 0 spiro atoms. The first-order valence-electron chi connectivity index (χ1n) is 9.34. The highest BCUT2D eigenvalue weighted by atomic mass is 16.5. The normalized spacial score (nSPS) is 13.6. The quantitative estimate of drug-likeness (QED) is 0.562. The second kappa shape index (κ2) is 8.04. The van der Waals surface area contributed by atoms with E-state index in [1.807, 2.05) is 6.07 Å². The minimum atomic E-state index is -0.317. The Morgan fingerprint density at radius 1 is 1.23 bits per heavy atom. The number of esters is 1. The number of nitrogens with zero attached hydrogens (tertiary/aromatic N) is 1. The van der Waals surface area contributed by atoms with Crippen molar-refractivity contribution in [3.8, 4) is 0 Å². The lowest BCUT2D eigenvalue weighted by atomic mass is 10.0. The van der Waals surface area contributed by atoms with E-state index in [9.17, 15) is 9.59 Å². The number of carbonyl (C=O) groups is 1. The molecule has 140 valence electrons. The lowest BCUT2D eigenvalue weighted by Crippen LogP contribution is -2.30. The molecule has 0 amide bonds. The van der Waals surface area contributed by atoms with Gasteiger partial charge in [0.05, 0.1) is 13.5 Å². The summed E-state index contributed by atoms with van der Waals surface area (Å²) in [5.41, 5.74) is 3.98. The van der Waals surface area contributed by atoms with Crippen molar-refractivity contribution in [2.75, 3.05) is 20.2 Å². The van der Waals surface area contributed by atoms with Gasteiger partial charge in [-0.25, -0.2) is 4.79 Å². The van der Waals surface area contributed by atoms with Crippen LogP contribution in [0.25, 0.3) is 11.0 Å². The first kappa shape index (κ1) is 18.6. The van der Waals surface area contributed by atoms with Crippen molar-refractivity contribution < 1.29 is 13.9 Å². The smallest absolute Gasteiger partial charge is 0.336 e. The van der Waals surface area contributed by atoms with Crippen LogP contribution in [0.1, 0.15) is 43.4 Å². The Hall–Kier alpha value is -2.14. The number of rotatable bonds is 7. The van der Waals surface area contributed by atoms with Gasteiger partial charge in [0.1, 0.15) is 5.58 Å². The number of hydrogen-bond donors (Lipinski definition) is 0. The fraction of sp³-hybridized carbons (Fsp3) is 0.524. The van der Waals surface area contributed by atoms with E-state index >= 15 is 0 Å². The summed E-state index contributed by atoms with van der Waals surface area (Å²) in [5.74, 6) is 0.247. The molecular weight excluding hydrogens is 330 g/mol. The second-order valence-corrected chi connectivity index (χ2v) is 7.52. The summed E-state index contributed by atoms with van der Waals surface area (Å²) in [6.07, 6.45) is 3.64. The molecule has 0 saturated carbocycles. The molecule has 5 heteroatoms. The summed E-state index contributed by atoms with van der Waals surface area (Å²) >= 11 is 0. The van der Waals surface area contributed by atoms with Crippen molar-refractivity contribution in [1.29, 1.82) is 0 Å². The summed E-state index contributed by atoms with van der Waals surface area (Å²) in [5, 5.41) is 1.01. The van der Waals surface area contributed by atoms with Gasteiger partial charge in [-0.2, -0.15) is 0 Å². The maximum atomic E-state index is 12.1. The van der Waals surface area contributed by atoms with Gasteiger partial charge in [-0.1, -0.05) is 13.8 Å². The van der Waals surface area contributed by atoms with Gasteiger partial charge in [-0.05, 0) is 54.0 Å². The monoisotopic (exact) mass is 357 g/mol. The van der Waals surface area contributed by atoms with E-state index in [4.69, 9.17) is 9.15 Å². The molecule has 0 unspecified atom stereocenters. The molecule has 0 saturated heterocycles. The summed E-state index contributed by atoms with van der Waals surface area (Å²) in [6, 6.07) is 5.81. The third kappa shape index (κ3) is 4.33. The first-order valence-corrected chi connectivity index (χ1v) is 9.34. The Labute approximate surface area is 153 Å². The van der Waals surface area contributed by atoms with Crippen LogP contribution in [0.2, 0.25) is 0 Å². The van der Waals surface area contributed by atoms with Gasteiger partial charge in [0, 0.05) is 31.1 Å². The molecule has 26 heavy (non-hydrogen) atoms. The van der Waals surface area contributed by atoms with Crippen LogP contribution in [-0.4, -0.2) is 31.1 Å². The number of aryl methyl sites for hydroxylation is 2. The van der Waals surface area contributed by atoms with E-state index in [0.29, 0.717) is 31.0 Å². The van der Waals surface area contributed by atoms with E-state index in [1.54, 1.807) is 6.07 Å². The molecule has 0 aliphatic heterocycles. The number of methoxy groups -OCH3 is 1. The lowest BCUT2D eigenvalue weighted by Gasteiger charge is -2.24. The van der Waals surface area contributed by atoms with Crippen molar-refractivity contribution >= 4 is 16.9 Å². The Morgan fingerprint density at radius 2 is 1.96 bits per heavy atom. The van der Waals surface area contributed by atoms with Crippen LogP contribution in [0.4, 0.5) is 0 Å². The van der Waals surface area contributed by atoms with E-state index in [2.05, 4.69) is 24.8 Å². The molecule has 1 aliphatic carbocycles. The maximum Gasteiger partial charge on any atom is 0.336 e. The Morgan fingerprint density at radius 3 is 2.65 bits per heavy atom. The number of benzene rings is 1. The van der Waals surface area contributed by atoms with E-state index in [0.717, 1.165) is 36.8 Å². The van der Waals surface area contributed by atoms with Gasteiger partial charge < -0.3 is 9.15 Å². The van der Waals surface area contributed by atoms with Crippen LogP contribution in [0.15, 0.2) is 27.4 Å². The van der Waals surface area contributed by atoms with E-state index in [-0.39, 0.29) is 11.6 Å². The summed E-state index contributed by atoms with van der Waals surface area (Å²) in [6.45, 7) is 6.38. The fourth-order valence-electron chi connectivity index (χ4n) is 3.77. The molecule has 5 nitrogen and oxygen atoms in total. The number of fused-ring (bicyclic) bond motifs is 2. The summed E-state index contributed by atoms with van der Waals surface area (Å²) in [4.78, 5) is 25.8. The van der Waals surface area contributed by atoms with Gasteiger partial charge >= 0.3 is 11.6 Å². The van der Waals surface area contributed by atoms with Gasteiger partial charge in [0.2, 0.25) is 0 Å². The van der Waals surface area contributed by atoms with Crippen LogP contribution in [0.3, 0.4) is 0 Å². The van der Waals surface area contributed by atoms with Crippen molar-refractivity contribution in [2.24, 2.45) is 5.92 Å². The van der Waals surface area contributed by atoms with Crippen LogP contribution in [0, 0.1) is 5.92 Å². The van der Waals surface area contributed by atoms with Gasteiger partial charge in [0.15, 0.2) is 0 Å². The van der Waals surface area contributed by atoms with Gasteiger partial charge in [-0.15, -0.1) is 0 Å². The fourth-order valence-corrected chi connectivity index (χ4v) is 3.77. The van der Waals surface area contributed by atoms with Crippen molar-refractivity contribution in [3.63, 3.8) is 0 Å². The van der Waals surface area contributed by atoms with Crippen LogP contribution >= 0.6 is 0 Å². The van der Waals surface area contributed by atoms with E-state index in [1.165, 1.54) is 18.2 Å². The third-order valence-electron chi connectivity index (χ3n) is 4.92. The molecule has 1 heterocycles. The maximum absolute atomic E-state index is 12.1. The molecule has 0 N–H and O–H groups in total. The zero-order chi connectivity index (χ0) is 18.7. The minimum Gasteiger partial charge on any atom is -0.469 e. The first-order chi connectivity index (χ1) is 12.5. The molecule has 1 aliphatic rings. The molecule has 0 radical (unpaired) electrons. The summed E-state index contributed by atoms with van der Waals surface area (Å²) in [7, 11) is 1.41. The highest BCUT2D eigenvalue weighted by Crippen LogP contribution is 2.29. The molecule has 1 aromatic heterocycles. The van der Waals surface area contributed by atoms with Crippen LogP contribution in [0.5, 0.6) is 0 Å². The zero-order valence-corrected chi connectivity index (χ0v) is 15.8. The average molecular weight is 357 g/mol. The number of hydrogen-bond acceptors (Lipinski definition) is 5. The number of carbonyl (C=O) groups excluding carboxylic acids is 1. The Balaban J connectivity index is 1.91. The van der Waals surface area contributed by atoms with Crippen molar-refractivity contribution in [2.45, 2.75) is 46.1 Å². The topological polar surface area (TPSA) is 59.8 Å². The molecule has 3 rings (SSSR count). The SMILES string of the molecule is COC(=O)CCN(Cc1cc(=O)oc2cc3c(cc12)CCC3)CC(C)C. The third-order valence-corrected chi connectivity index (χ3v) is 4.92. The molecule has 0 bridgehead atoms.